The van der Waals surface area contributed by atoms with Gasteiger partial charge in [-0.25, -0.2) is 0 Å². The van der Waals surface area contributed by atoms with Crippen molar-refractivity contribution in [2.75, 3.05) is 40.3 Å². The molecule has 0 aliphatic heterocycles. The van der Waals surface area contributed by atoms with Crippen molar-refractivity contribution in [3.8, 4) is 5.75 Å². The van der Waals surface area contributed by atoms with E-state index in [1.165, 1.54) is 5.56 Å². The Morgan fingerprint density at radius 3 is 1.97 bits per heavy atom. The van der Waals surface area contributed by atoms with Gasteiger partial charge in [0, 0.05) is 30.8 Å². The zero-order valence-corrected chi connectivity index (χ0v) is 21.9. The van der Waals surface area contributed by atoms with E-state index >= 15 is 0 Å². The highest BCUT2D eigenvalue weighted by Gasteiger charge is 2.28. The van der Waals surface area contributed by atoms with Gasteiger partial charge in [-0.1, -0.05) is 84.0 Å². The van der Waals surface area contributed by atoms with Gasteiger partial charge in [0.05, 0.1) is 0 Å². The van der Waals surface area contributed by atoms with Crippen LogP contribution in [0.1, 0.15) is 63.8 Å². The fourth-order valence-electron chi connectivity index (χ4n) is 3.58. The molecule has 0 aromatic heterocycles. The summed E-state index contributed by atoms with van der Waals surface area (Å²) in [7, 11) is 4.09. The van der Waals surface area contributed by atoms with E-state index in [2.05, 4.69) is 100 Å². The highest BCUT2D eigenvalue weighted by atomic mass is 16.5. The number of likely N-dealkylation sites (N-methyl/N-ethyl adjacent to an activating group) is 1. The second kappa shape index (κ2) is 11.8. The Morgan fingerprint density at radius 2 is 1.45 bits per heavy atom. The summed E-state index contributed by atoms with van der Waals surface area (Å²) in [5.41, 5.74) is 4.47. The summed E-state index contributed by atoms with van der Waals surface area (Å²) in [6.07, 6.45) is 3.76. The minimum Gasteiger partial charge on any atom is -0.490 e. The number of aliphatic hydroxyl groups is 1. The molecule has 2 N–H and O–H groups in total. The van der Waals surface area contributed by atoms with Crippen LogP contribution in [-0.4, -0.2) is 56.4 Å². The van der Waals surface area contributed by atoms with Crippen molar-refractivity contribution in [3.05, 3.63) is 64.7 Å². The number of benzene rings is 2. The first kappa shape index (κ1) is 27.1. The molecule has 0 aliphatic carbocycles. The molecule has 4 heteroatoms. The molecule has 1 unspecified atom stereocenters. The molecule has 0 saturated carbocycles. The molecular weight excluding hydrogens is 408 g/mol. The lowest BCUT2D eigenvalue weighted by Crippen LogP contribution is -2.35. The Bertz CT molecular complexity index is 855. The Labute approximate surface area is 201 Å². The maximum atomic E-state index is 10.5. The second-order valence-corrected chi connectivity index (χ2v) is 11.2. The molecule has 0 spiro atoms. The van der Waals surface area contributed by atoms with Gasteiger partial charge in [0.1, 0.15) is 18.5 Å². The van der Waals surface area contributed by atoms with Crippen LogP contribution in [0.15, 0.2) is 42.5 Å². The first-order chi connectivity index (χ1) is 15.4. The summed E-state index contributed by atoms with van der Waals surface area (Å²) in [6.45, 7) is 15.8. The van der Waals surface area contributed by atoms with Gasteiger partial charge in [-0.3, -0.25) is 0 Å². The van der Waals surface area contributed by atoms with Crippen LogP contribution in [0.3, 0.4) is 0 Å². The van der Waals surface area contributed by atoms with E-state index in [0.717, 1.165) is 35.5 Å². The molecule has 0 fully saturated rings. The van der Waals surface area contributed by atoms with E-state index in [0.29, 0.717) is 6.54 Å². The largest absolute Gasteiger partial charge is 0.490 e. The molecule has 4 nitrogen and oxygen atoms in total. The number of nitrogens with zero attached hydrogens (tertiary/aromatic N) is 1. The number of ether oxygens (including phenoxy) is 1. The van der Waals surface area contributed by atoms with Crippen LogP contribution in [0.2, 0.25) is 0 Å². The number of rotatable bonds is 10. The van der Waals surface area contributed by atoms with Gasteiger partial charge in [-0.05, 0) is 48.2 Å². The van der Waals surface area contributed by atoms with Crippen LogP contribution in [0.5, 0.6) is 5.75 Å². The predicted molar refractivity (Wildman–Crippen MR) is 142 cm³/mol. The zero-order valence-electron chi connectivity index (χ0n) is 21.9. The van der Waals surface area contributed by atoms with E-state index in [1.807, 2.05) is 20.2 Å². The van der Waals surface area contributed by atoms with E-state index in [-0.39, 0.29) is 17.4 Å². The van der Waals surface area contributed by atoms with Crippen LogP contribution < -0.4 is 10.1 Å². The van der Waals surface area contributed by atoms with Crippen LogP contribution in [0, 0.1) is 0 Å². The topological polar surface area (TPSA) is 44.7 Å². The van der Waals surface area contributed by atoms with Gasteiger partial charge in [-0.15, -0.1) is 0 Å². The fourth-order valence-corrected chi connectivity index (χ4v) is 3.58. The highest BCUT2D eigenvalue weighted by Crippen LogP contribution is 2.41. The maximum Gasteiger partial charge on any atom is 0.126 e. The SMILES string of the molecule is CN(C)CCNCC(O)COc1c(C(C)(C)C)cc(/C=C/c2ccccc2)cc1C(C)(C)C. The van der Waals surface area contributed by atoms with E-state index < -0.39 is 6.10 Å². The van der Waals surface area contributed by atoms with Crippen molar-refractivity contribution >= 4 is 12.2 Å². The minimum atomic E-state index is -0.564. The van der Waals surface area contributed by atoms with Gasteiger partial charge in [0.25, 0.3) is 0 Å². The van der Waals surface area contributed by atoms with Crippen LogP contribution in [0.25, 0.3) is 12.2 Å². The Balaban J connectivity index is 2.31. The minimum absolute atomic E-state index is 0.0964. The third-order valence-electron chi connectivity index (χ3n) is 5.53. The van der Waals surface area contributed by atoms with Crippen molar-refractivity contribution < 1.29 is 9.84 Å². The maximum absolute atomic E-state index is 10.5. The Hall–Kier alpha value is -2.14. The molecule has 182 valence electrons. The first-order valence-corrected chi connectivity index (χ1v) is 12.0. The molecule has 0 radical (unpaired) electrons. The first-order valence-electron chi connectivity index (χ1n) is 12.0. The van der Waals surface area contributed by atoms with Crippen LogP contribution >= 0.6 is 0 Å². The lowest BCUT2D eigenvalue weighted by Gasteiger charge is -2.31. The van der Waals surface area contributed by atoms with Gasteiger partial charge < -0.3 is 20.1 Å². The molecule has 2 rings (SSSR count). The molecule has 2 aromatic carbocycles. The molecule has 2 aromatic rings. The predicted octanol–water partition coefficient (Wildman–Crippen LogP) is 5.34. The summed E-state index contributed by atoms with van der Waals surface area (Å²) < 4.78 is 6.35. The van der Waals surface area contributed by atoms with Crippen LogP contribution in [0.4, 0.5) is 0 Å². The quantitative estimate of drug-likeness (QED) is 0.377. The Morgan fingerprint density at radius 1 is 0.909 bits per heavy atom. The summed E-state index contributed by atoms with van der Waals surface area (Å²) in [5.74, 6) is 0.902. The molecule has 33 heavy (non-hydrogen) atoms. The number of nitrogens with one attached hydrogen (secondary N) is 1. The van der Waals surface area contributed by atoms with Gasteiger partial charge >= 0.3 is 0 Å². The second-order valence-electron chi connectivity index (χ2n) is 11.2. The van der Waals surface area contributed by atoms with Crippen LogP contribution in [-0.2, 0) is 10.8 Å². The lowest BCUT2D eigenvalue weighted by molar-refractivity contribution is 0.104. The fraction of sp³-hybridized carbons (Fsp3) is 0.517. The third kappa shape index (κ3) is 8.96. The van der Waals surface area contributed by atoms with E-state index in [4.69, 9.17) is 4.74 Å². The number of aliphatic hydroxyl groups excluding tert-OH is 1. The Kier molecular flexibility index (Phi) is 9.71. The van der Waals surface area contributed by atoms with E-state index in [1.54, 1.807) is 0 Å². The van der Waals surface area contributed by atoms with Crippen molar-refractivity contribution in [2.24, 2.45) is 0 Å². The van der Waals surface area contributed by atoms with Crippen molar-refractivity contribution in [3.63, 3.8) is 0 Å². The van der Waals surface area contributed by atoms with Crippen molar-refractivity contribution in [2.45, 2.75) is 58.5 Å². The number of hydrogen-bond donors (Lipinski definition) is 2. The standard InChI is InChI=1S/C29H44N2O2/c1-28(2,3)25-18-23(15-14-22-12-10-9-11-13-22)19-26(29(4,5)6)27(25)33-21-24(32)20-30-16-17-31(7)8/h9-15,18-19,24,30,32H,16-17,20-21H2,1-8H3/b15-14+. The third-order valence-corrected chi connectivity index (χ3v) is 5.53. The normalized spacial score (nSPS) is 13.6. The van der Waals surface area contributed by atoms with E-state index in [9.17, 15) is 5.11 Å². The molecule has 0 aliphatic rings. The molecule has 1 atom stereocenters. The summed E-state index contributed by atoms with van der Waals surface area (Å²) in [4.78, 5) is 2.12. The van der Waals surface area contributed by atoms with Crippen molar-refractivity contribution in [1.29, 1.82) is 0 Å². The molecular formula is C29H44N2O2. The summed E-state index contributed by atoms with van der Waals surface area (Å²) in [6, 6.07) is 14.8. The summed E-state index contributed by atoms with van der Waals surface area (Å²) >= 11 is 0. The monoisotopic (exact) mass is 452 g/mol. The highest BCUT2D eigenvalue weighted by molar-refractivity contribution is 5.71. The summed E-state index contributed by atoms with van der Waals surface area (Å²) in [5, 5.41) is 13.8. The molecule has 0 heterocycles. The van der Waals surface area contributed by atoms with Gasteiger partial charge in [-0.2, -0.15) is 0 Å². The zero-order chi connectivity index (χ0) is 24.6. The molecule has 0 saturated heterocycles. The van der Waals surface area contributed by atoms with Gasteiger partial charge in [0.15, 0.2) is 0 Å². The average molecular weight is 453 g/mol. The smallest absolute Gasteiger partial charge is 0.126 e. The van der Waals surface area contributed by atoms with Gasteiger partial charge in [0.2, 0.25) is 0 Å². The van der Waals surface area contributed by atoms with Crippen molar-refractivity contribution in [1.82, 2.24) is 10.2 Å². The molecule has 0 bridgehead atoms. The number of hydrogen-bond acceptors (Lipinski definition) is 4. The lowest BCUT2D eigenvalue weighted by atomic mass is 9.78. The average Bonchev–Trinajstić information content (AvgIpc) is 2.73. The molecule has 0 amide bonds.